The SMILES string of the molecule is O=C(O)CCCOc1ccc(C=C2SC(=S)NC2=O)cc1Br. The lowest BCUT2D eigenvalue weighted by atomic mass is 10.2. The van der Waals surface area contributed by atoms with Crippen LogP contribution in [0, 0.1) is 0 Å². The molecule has 1 heterocycles. The topological polar surface area (TPSA) is 75.6 Å². The summed E-state index contributed by atoms with van der Waals surface area (Å²) in [7, 11) is 0. The van der Waals surface area contributed by atoms with E-state index >= 15 is 0 Å². The third-order valence-electron chi connectivity index (χ3n) is 2.69. The number of rotatable bonds is 6. The molecular weight excluding hydrogens is 390 g/mol. The predicted molar refractivity (Wildman–Crippen MR) is 92.8 cm³/mol. The lowest BCUT2D eigenvalue weighted by Crippen LogP contribution is -2.17. The van der Waals surface area contributed by atoms with Crippen molar-refractivity contribution in [1.29, 1.82) is 0 Å². The van der Waals surface area contributed by atoms with Crippen LogP contribution in [0.3, 0.4) is 0 Å². The predicted octanol–water partition coefficient (Wildman–Crippen LogP) is 3.18. The van der Waals surface area contributed by atoms with Crippen LogP contribution in [-0.2, 0) is 9.59 Å². The zero-order valence-electron chi connectivity index (χ0n) is 11.3. The molecule has 8 heteroatoms. The summed E-state index contributed by atoms with van der Waals surface area (Å²) in [6, 6.07) is 5.42. The van der Waals surface area contributed by atoms with Gasteiger partial charge in [0, 0.05) is 6.42 Å². The average molecular weight is 402 g/mol. The monoisotopic (exact) mass is 401 g/mol. The molecule has 5 nitrogen and oxygen atoms in total. The van der Waals surface area contributed by atoms with Gasteiger partial charge in [0.2, 0.25) is 0 Å². The van der Waals surface area contributed by atoms with E-state index in [1.165, 1.54) is 11.8 Å². The number of halogens is 1. The van der Waals surface area contributed by atoms with Gasteiger partial charge in [0.25, 0.3) is 5.91 Å². The van der Waals surface area contributed by atoms with Crippen molar-refractivity contribution in [1.82, 2.24) is 5.32 Å². The number of nitrogens with one attached hydrogen (secondary N) is 1. The Hall–Kier alpha value is -1.38. The van der Waals surface area contributed by atoms with Crippen molar-refractivity contribution >= 4 is 62.2 Å². The largest absolute Gasteiger partial charge is 0.492 e. The fourth-order valence-corrected chi connectivity index (χ4v) is 3.26. The van der Waals surface area contributed by atoms with E-state index in [9.17, 15) is 9.59 Å². The number of benzene rings is 1. The fraction of sp³-hybridized carbons (Fsp3) is 0.214. The van der Waals surface area contributed by atoms with Gasteiger partial charge in [0.05, 0.1) is 16.0 Å². The van der Waals surface area contributed by atoms with Gasteiger partial charge >= 0.3 is 5.97 Å². The van der Waals surface area contributed by atoms with Gasteiger partial charge in [-0.05, 0) is 46.1 Å². The van der Waals surface area contributed by atoms with E-state index < -0.39 is 5.97 Å². The molecule has 0 aromatic heterocycles. The molecule has 1 aliphatic heterocycles. The smallest absolute Gasteiger partial charge is 0.303 e. The first-order valence-electron chi connectivity index (χ1n) is 6.34. The van der Waals surface area contributed by atoms with Crippen molar-refractivity contribution in [3.8, 4) is 5.75 Å². The number of carbonyl (C=O) groups is 2. The highest BCUT2D eigenvalue weighted by Gasteiger charge is 2.21. The van der Waals surface area contributed by atoms with E-state index in [1.807, 2.05) is 12.1 Å². The second-order valence-electron chi connectivity index (χ2n) is 4.39. The molecule has 1 fully saturated rings. The van der Waals surface area contributed by atoms with Crippen LogP contribution >= 0.6 is 39.9 Å². The first kappa shape index (κ1) is 17.0. The molecule has 1 aromatic carbocycles. The van der Waals surface area contributed by atoms with E-state index in [2.05, 4.69) is 21.2 Å². The molecule has 1 saturated heterocycles. The molecule has 0 bridgehead atoms. The van der Waals surface area contributed by atoms with Crippen molar-refractivity contribution in [3.63, 3.8) is 0 Å². The molecule has 0 spiro atoms. The molecule has 1 aliphatic rings. The number of carboxylic acids is 1. The Morgan fingerprint density at radius 2 is 2.27 bits per heavy atom. The third kappa shape index (κ3) is 4.82. The van der Waals surface area contributed by atoms with E-state index in [-0.39, 0.29) is 12.3 Å². The fourth-order valence-electron chi connectivity index (χ4n) is 1.70. The molecule has 1 aromatic rings. The van der Waals surface area contributed by atoms with Crippen molar-refractivity contribution in [2.45, 2.75) is 12.8 Å². The molecule has 0 atom stereocenters. The molecular formula is C14H12BrNO4S2. The van der Waals surface area contributed by atoms with Crippen molar-refractivity contribution in [3.05, 3.63) is 33.1 Å². The Morgan fingerprint density at radius 1 is 1.50 bits per heavy atom. The number of ether oxygens (including phenoxy) is 1. The van der Waals surface area contributed by atoms with Crippen LogP contribution in [-0.4, -0.2) is 27.9 Å². The molecule has 0 unspecified atom stereocenters. The summed E-state index contributed by atoms with van der Waals surface area (Å²) in [5, 5.41) is 11.1. The van der Waals surface area contributed by atoms with Crippen LogP contribution in [0.2, 0.25) is 0 Å². The second-order valence-corrected chi connectivity index (χ2v) is 6.96. The van der Waals surface area contributed by atoms with Gasteiger partial charge in [-0.25, -0.2) is 0 Å². The van der Waals surface area contributed by atoms with E-state index in [4.69, 9.17) is 22.1 Å². The molecule has 0 aliphatic carbocycles. The first-order chi connectivity index (χ1) is 10.5. The maximum atomic E-state index is 11.6. The summed E-state index contributed by atoms with van der Waals surface area (Å²) in [5.74, 6) is -0.401. The zero-order valence-corrected chi connectivity index (χ0v) is 14.5. The van der Waals surface area contributed by atoms with Crippen LogP contribution in [0.1, 0.15) is 18.4 Å². The highest BCUT2D eigenvalue weighted by atomic mass is 79.9. The Morgan fingerprint density at radius 3 is 2.86 bits per heavy atom. The maximum absolute atomic E-state index is 11.6. The summed E-state index contributed by atoms with van der Waals surface area (Å²) in [5.41, 5.74) is 0.840. The van der Waals surface area contributed by atoms with Gasteiger partial charge < -0.3 is 15.2 Å². The standard InChI is InChI=1S/C14H12BrNO4S2/c15-9-6-8(7-11-13(19)16-14(21)22-11)3-4-10(9)20-5-1-2-12(17)18/h3-4,6-7H,1-2,5H2,(H,17,18)(H,16,19,21). The van der Waals surface area contributed by atoms with Crippen molar-refractivity contribution in [2.24, 2.45) is 0 Å². The van der Waals surface area contributed by atoms with Gasteiger partial charge in [0.1, 0.15) is 10.1 Å². The van der Waals surface area contributed by atoms with Crippen LogP contribution in [0.25, 0.3) is 6.08 Å². The summed E-state index contributed by atoms with van der Waals surface area (Å²) >= 11 is 9.56. The molecule has 116 valence electrons. The van der Waals surface area contributed by atoms with Crippen LogP contribution < -0.4 is 10.1 Å². The van der Waals surface area contributed by atoms with Gasteiger partial charge in [-0.2, -0.15) is 0 Å². The highest BCUT2D eigenvalue weighted by molar-refractivity contribution is 9.10. The molecule has 0 radical (unpaired) electrons. The minimum atomic E-state index is -0.838. The van der Waals surface area contributed by atoms with Crippen LogP contribution in [0.4, 0.5) is 0 Å². The van der Waals surface area contributed by atoms with Crippen LogP contribution in [0.15, 0.2) is 27.6 Å². The second kappa shape index (κ2) is 7.75. The quantitative estimate of drug-likeness (QED) is 0.433. The molecule has 1 amide bonds. The van der Waals surface area contributed by atoms with Gasteiger partial charge in [-0.15, -0.1) is 0 Å². The van der Waals surface area contributed by atoms with E-state index in [1.54, 1.807) is 12.1 Å². The van der Waals surface area contributed by atoms with E-state index in [0.717, 1.165) is 10.0 Å². The molecule has 2 rings (SSSR count). The molecule has 2 N–H and O–H groups in total. The summed E-state index contributed by atoms with van der Waals surface area (Å²) in [6.07, 6.45) is 2.27. The van der Waals surface area contributed by atoms with Gasteiger partial charge in [-0.1, -0.05) is 30.0 Å². The third-order valence-corrected chi connectivity index (χ3v) is 4.47. The van der Waals surface area contributed by atoms with E-state index in [0.29, 0.717) is 28.0 Å². The van der Waals surface area contributed by atoms with Crippen molar-refractivity contribution in [2.75, 3.05) is 6.61 Å². The van der Waals surface area contributed by atoms with Crippen LogP contribution in [0.5, 0.6) is 5.75 Å². The lowest BCUT2D eigenvalue weighted by molar-refractivity contribution is -0.137. The Kier molecular flexibility index (Phi) is 5.98. The number of carboxylic acid groups (broad SMARTS) is 1. The molecule has 22 heavy (non-hydrogen) atoms. The number of amides is 1. The average Bonchev–Trinajstić information content (AvgIpc) is 2.74. The summed E-state index contributed by atoms with van der Waals surface area (Å²) in [6.45, 7) is 0.331. The number of thioether (sulfide) groups is 1. The summed E-state index contributed by atoms with van der Waals surface area (Å²) < 4.78 is 6.71. The number of aliphatic carboxylic acids is 1. The van der Waals surface area contributed by atoms with Crippen molar-refractivity contribution < 1.29 is 19.4 Å². The minimum Gasteiger partial charge on any atom is -0.492 e. The first-order valence-corrected chi connectivity index (χ1v) is 8.36. The number of carbonyl (C=O) groups excluding carboxylic acids is 1. The lowest BCUT2D eigenvalue weighted by Gasteiger charge is -2.08. The van der Waals surface area contributed by atoms with Gasteiger partial charge in [0.15, 0.2) is 0 Å². The Bertz CT molecular complexity index is 660. The molecule has 0 saturated carbocycles. The zero-order chi connectivity index (χ0) is 16.1. The van der Waals surface area contributed by atoms with Gasteiger partial charge in [-0.3, -0.25) is 9.59 Å². The highest BCUT2D eigenvalue weighted by Crippen LogP contribution is 2.30. The number of hydrogen-bond donors (Lipinski definition) is 2. The normalized spacial score (nSPS) is 16.0. The number of hydrogen-bond acceptors (Lipinski definition) is 5. The maximum Gasteiger partial charge on any atom is 0.303 e. The Balaban J connectivity index is 2.00. The summed E-state index contributed by atoms with van der Waals surface area (Å²) in [4.78, 5) is 22.6. The number of thiocarbonyl (C=S) groups is 1. The minimum absolute atomic E-state index is 0.0774. The Labute approximate surface area is 145 Å².